The number of aryl methyl sites for hydroxylation is 1. The van der Waals surface area contributed by atoms with E-state index in [2.05, 4.69) is 10.0 Å². The lowest BCUT2D eigenvalue weighted by atomic mass is 10.1. The molecule has 0 radical (unpaired) electrons. The van der Waals surface area contributed by atoms with Crippen LogP contribution in [0, 0.1) is 6.92 Å². The summed E-state index contributed by atoms with van der Waals surface area (Å²) in [7, 11) is -3.94. The van der Waals surface area contributed by atoms with Crippen molar-refractivity contribution < 1.29 is 21.6 Å². The summed E-state index contributed by atoms with van der Waals surface area (Å²) >= 11 is 0. The molecule has 1 aliphatic rings. The maximum Gasteiger partial charge on any atom is 0.416 e. The maximum absolute atomic E-state index is 12.8. The van der Waals surface area contributed by atoms with Gasteiger partial charge >= 0.3 is 6.18 Å². The van der Waals surface area contributed by atoms with Crippen molar-refractivity contribution in [2.24, 2.45) is 0 Å². The largest absolute Gasteiger partial charge is 0.416 e. The molecule has 0 spiro atoms. The number of hydrogen-bond donors (Lipinski definition) is 2. The van der Waals surface area contributed by atoms with Gasteiger partial charge in [0.15, 0.2) is 0 Å². The van der Waals surface area contributed by atoms with E-state index in [1.807, 2.05) is 0 Å². The van der Waals surface area contributed by atoms with Crippen LogP contribution in [0.1, 0.15) is 24.0 Å². The van der Waals surface area contributed by atoms with Crippen LogP contribution >= 0.6 is 0 Å². The molecule has 1 unspecified atom stereocenters. The molecule has 0 amide bonds. The number of halogens is 3. The van der Waals surface area contributed by atoms with Crippen LogP contribution in [0.5, 0.6) is 0 Å². The summed E-state index contributed by atoms with van der Waals surface area (Å²) in [6, 6.07) is 3.08. The van der Waals surface area contributed by atoms with Gasteiger partial charge < -0.3 is 5.32 Å². The monoisotopic (exact) mass is 322 g/mol. The fraction of sp³-hybridized carbons (Fsp3) is 0.538. The van der Waals surface area contributed by atoms with Crippen molar-refractivity contribution in [3.8, 4) is 0 Å². The predicted molar refractivity (Wildman–Crippen MR) is 72.4 cm³/mol. The summed E-state index contributed by atoms with van der Waals surface area (Å²) in [6.45, 7) is 2.31. The standard InChI is InChI=1S/C13H17F3N2O2S/c1-9-4-5-11(7-12(9)13(14,15)16)21(19,20)18-8-10-3-2-6-17-10/h4-5,7,10,17-18H,2-3,6,8H2,1H3. The normalized spacial score (nSPS) is 19.9. The summed E-state index contributed by atoms with van der Waals surface area (Å²) in [6.07, 6.45) is -2.75. The average Bonchev–Trinajstić information content (AvgIpc) is 2.88. The Morgan fingerprint density at radius 3 is 2.67 bits per heavy atom. The van der Waals surface area contributed by atoms with E-state index in [0.29, 0.717) is 6.07 Å². The van der Waals surface area contributed by atoms with Gasteiger partial charge in [0.1, 0.15) is 0 Å². The second-order valence-electron chi connectivity index (χ2n) is 5.12. The number of sulfonamides is 1. The van der Waals surface area contributed by atoms with Gasteiger partial charge in [-0.1, -0.05) is 6.07 Å². The van der Waals surface area contributed by atoms with Crippen LogP contribution in [-0.2, 0) is 16.2 Å². The molecule has 4 nitrogen and oxygen atoms in total. The Morgan fingerprint density at radius 2 is 2.10 bits per heavy atom. The summed E-state index contributed by atoms with van der Waals surface area (Å²) in [5.74, 6) is 0. The van der Waals surface area contributed by atoms with Crippen molar-refractivity contribution in [3.63, 3.8) is 0 Å². The molecule has 1 aromatic carbocycles. The van der Waals surface area contributed by atoms with E-state index in [1.54, 1.807) is 0 Å². The van der Waals surface area contributed by atoms with E-state index in [0.717, 1.165) is 19.4 Å². The fourth-order valence-electron chi connectivity index (χ4n) is 2.30. The Kier molecular flexibility index (Phi) is 4.60. The number of benzene rings is 1. The van der Waals surface area contributed by atoms with Crippen LogP contribution in [0.2, 0.25) is 0 Å². The first kappa shape index (κ1) is 16.3. The molecule has 1 aliphatic heterocycles. The van der Waals surface area contributed by atoms with E-state index in [-0.39, 0.29) is 23.0 Å². The Labute approximate surface area is 121 Å². The van der Waals surface area contributed by atoms with Crippen molar-refractivity contribution in [1.29, 1.82) is 0 Å². The smallest absolute Gasteiger partial charge is 0.313 e. The average molecular weight is 322 g/mol. The maximum atomic E-state index is 12.8. The van der Waals surface area contributed by atoms with Crippen LogP contribution in [0.3, 0.4) is 0 Å². The van der Waals surface area contributed by atoms with Gasteiger partial charge in [0, 0.05) is 12.6 Å². The lowest BCUT2D eigenvalue weighted by Crippen LogP contribution is -2.37. The highest BCUT2D eigenvalue weighted by Crippen LogP contribution is 2.33. The second-order valence-corrected chi connectivity index (χ2v) is 6.89. The molecule has 0 aromatic heterocycles. The molecule has 0 bridgehead atoms. The van der Waals surface area contributed by atoms with Crippen molar-refractivity contribution >= 4 is 10.0 Å². The number of nitrogens with one attached hydrogen (secondary N) is 2. The minimum absolute atomic E-state index is 0.00101. The van der Waals surface area contributed by atoms with Crippen molar-refractivity contribution in [1.82, 2.24) is 10.0 Å². The Balaban J connectivity index is 2.19. The highest BCUT2D eigenvalue weighted by atomic mass is 32.2. The van der Waals surface area contributed by atoms with E-state index in [4.69, 9.17) is 0 Å². The summed E-state index contributed by atoms with van der Waals surface area (Å²) in [4.78, 5) is -0.363. The number of rotatable bonds is 4. The van der Waals surface area contributed by atoms with E-state index in [9.17, 15) is 21.6 Å². The lowest BCUT2D eigenvalue weighted by Gasteiger charge is -2.14. The molecular formula is C13H17F3N2O2S. The quantitative estimate of drug-likeness (QED) is 0.892. The number of hydrogen-bond acceptors (Lipinski definition) is 3. The molecule has 2 N–H and O–H groups in total. The van der Waals surface area contributed by atoms with Crippen molar-refractivity contribution in [3.05, 3.63) is 29.3 Å². The zero-order valence-corrected chi connectivity index (χ0v) is 12.3. The van der Waals surface area contributed by atoms with Crippen LogP contribution in [0.4, 0.5) is 13.2 Å². The zero-order chi connectivity index (χ0) is 15.7. The van der Waals surface area contributed by atoms with Gasteiger partial charge in [-0.05, 0) is 44.0 Å². The van der Waals surface area contributed by atoms with Crippen LogP contribution in [0.15, 0.2) is 23.1 Å². The Hall–Kier alpha value is -1.12. The molecule has 118 valence electrons. The summed E-state index contributed by atoms with van der Waals surface area (Å²) in [5, 5.41) is 3.12. The summed E-state index contributed by atoms with van der Waals surface area (Å²) < 4.78 is 65.0. The molecule has 0 saturated carbocycles. The highest BCUT2D eigenvalue weighted by molar-refractivity contribution is 7.89. The second kappa shape index (κ2) is 5.94. The van der Waals surface area contributed by atoms with Gasteiger partial charge in [0.25, 0.3) is 0 Å². The topological polar surface area (TPSA) is 58.2 Å². The van der Waals surface area contributed by atoms with Crippen LogP contribution < -0.4 is 10.0 Å². The van der Waals surface area contributed by atoms with E-state index >= 15 is 0 Å². The molecule has 1 saturated heterocycles. The minimum atomic E-state index is -4.57. The van der Waals surface area contributed by atoms with E-state index < -0.39 is 21.8 Å². The molecule has 1 heterocycles. The molecule has 1 aromatic rings. The molecule has 0 aliphatic carbocycles. The van der Waals surface area contributed by atoms with E-state index in [1.165, 1.54) is 19.1 Å². The summed E-state index contributed by atoms with van der Waals surface area (Å²) in [5.41, 5.74) is -0.928. The minimum Gasteiger partial charge on any atom is -0.313 e. The molecule has 2 rings (SSSR count). The molecule has 8 heteroatoms. The van der Waals surface area contributed by atoms with Gasteiger partial charge in [-0.15, -0.1) is 0 Å². The molecule has 1 fully saturated rings. The number of alkyl halides is 3. The van der Waals surface area contributed by atoms with Crippen molar-refractivity contribution in [2.75, 3.05) is 13.1 Å². The first-order valence-corrected chi connectivity index (χ1v) is 8.09. The van der Waals surface area contributed by atoms with Crippen molar-refractivity contribution in [2.45, 2.75) is 36.9 Å². The Bertz CT molecular complexity index is 608. The predicted octanol–water partition coefficient (Wildman–Crippen LogP) is 2.04. The molecular weight excluding hydrogens is 305 g/mol. The molecule has 21 heavy (non-hydrogen) atoms. The van der Waals surface area contributed by atoms with Gasteiger partial charge in [-0.3, -0.25) is 0 Å². The van der Waals surface area contributed by atoms with Crippen LogP contribution in [0.25, 0.3) is 0 Å². The zero-order valence-electron chi connectivity index (χ0n) is 11.5. The lowest BCUT2D eigenvalue weighted by molar-refractivity contribution is -0.138. The molecule has 1 atom stereocenters. The van der Waals surface area contributed by atoms with Gasteiger partial charge in [0.2, 0.25) is 10.0 Å². The van der Waals surface area contributed by atoms with Gasteiger partial charge in [-0.2, -0.15) is 13.2 Å². The van der Waals surface area contributed by atoms with Gasteiger partial charge in [-0.25, -0.2) is 13.1 Å². The first-order valence-electron chi connectivity index (χ1n) is 6.61. The first-order chi connectivity index (χ1) is 9.70. The van der Waals surface area contributed by atoms with Crippen LogP contribution in [-0.4, -0.2) is 27.5 Å². The third kappa shape index (κ3) is 3.96. The Morgan fingerprint density at radius 1 is 1.38 bits per heavy atom. The SMILES string of the molecule is Cc1ccc(S(=O)(=O)NCC2CCCN2)cc1C(F)(F)F. The van der Waals surface area contributed by atoms with Gasteiger partial charge in [0.05, 0.1) is 10.5 Å². The third-order valence-corrected chi connectivity index (χ3v) is 4.93. The third-order valence-electron chi connectivity index (χ3n) is 3.51. The fourth-order valence-corrected chi connectivity index (χ4v) is 3.41. The highest BCUT2D eigenvalue weighted by Gasteiger charge is 2.33.